The van der Waals surface area contributed by atoms with Gasteiger partial charge < -0.3 is 24.3 Å². The molecule has 186 valence electrons. The van der Waals surface area contributed by atoms with Crippen molar-refractivity contribution in [1.82, 2.24) is 20.1 Å². The van der Waals surface area contributed by atoms with Crippen molar-refractivity contribution in [2.24, 2.45) is 0 Å². The summed E-state index contributed by atoms with van der Waals surface area (Å²) in [5.74, 6) is 2.65. The SMILES string of the molecule is C=CCNC(=O)C(C)Sc1nnc(-c2cc(OC)c(OC)c(OC)c2)n1-c1ccc(OCC)cc1. The van der Waals surface area contributed by atoms with Gasteiger partial charge in [-0.1, -0.05) is 17.8 Å². The number of nitrogens with one attached hydrogen (secondary N) is 1. The van der Waals surface area contributed by atoms with Gasteiger partial charge in [-0.05, 0) is 50.2 Å². The maximum atomic E-state index is 12.5. The Kier molecular flexibility index (Phi) is 9.02. The van der Waals surface area contributed by atoms with Crippen LogP contribution in [0.4, 0.5) is 0 Å². The first-order valence-electron chi connectivity index (χ1n) is 11.0. The number of ether oxygens (including phenoxy) is 4. The summed E-state index contributed by atoms with van der Waals surface area (Å²) < 4.78 is 24.0. The molecule has 0 aliphatic carbocycles. The van der Waals surface area contributed by atoms with E-state index < -0.39 is 5.25 Å². The van der Waals surface area contributed by atoms with Crippen LogP contribution in [0.15, 0.2) is 54.2 Å². The van der Waals surface area contributed by atoms with Crippen LogP contribution in [0.5, 0.6) is 23.0 Å². The highest BCUT2D eigenvalue weighted by molar-refractivity contribution is 8.00. The van der Waals surface area contributed by atoms with Gasteiger partial charge >= 0.3 is 0 Å². The van der Waals surface area contributed by atoms with Crippen LogP contribution in [-0.4, -0.2) is 60.4 Å². The van der Waals surface area contributed by atoms with Crippen LogP contribution in [0.3, 0.4) is 0 Å². The van der Waals surface area contributed by atoms with Crippen molar-refractivity contribution in [3.63, 3.8) is 0 Å². The van der Waals surface area contributed by atoms with Gasteiger partial charge in [0, 0.05) is 17.8 Å². The number of nitrogens with zero attached hydrogens (tertiary/aromatic N) is 3. The number of carbonyl (C=O) groups excluding carboxylic acids is 1. The Morgan fingerprint density at radius 3 is 2.31 bits per heavy atom. The first-order valence-corrected chi connectivity index (χ1v) is 11.9. The number of methoxy groups -OCH3 is 3. The topological polar surface area (TPSA) is 96.7 Å². The Bertz CT molecular complexity index is 1140. The van der Waals surface area contributed by atoms with E-state index in [0.29, 0.717) is 46.9 Å². The number of carbonyl (C=O) groups is 1. The van der Waals surface area contributed by atoms with E-state index in [-0.39, 0.29) is 5.91 Å². The molecule has 0 fully saturated rings. The fraction of sp³-hybridized carbons (Fsp3) is 0.320. The fourth-order valence-corrected chi connectivity index (χ4v) is 4.25. The molecular formula is C25H30N4O5S. The van der Waals surface area contributed by atoms with Crippen LogP contribution < -0.4 is 24.3 Å². The molecule has 0 bridgehead atoms. The smallest absolute Gasteiger partial charge is 0.233 e. The summed E-state index contributed by atoms with van der Waals surface area (Å²) in [6.07, 6.45) is 1.64. The Morgan fingerprint density at radius 2 is 1.77 bits per heavy atom. The van der Waals surface area contributed by atoms with Crippen LogP contribution in [0.25, 0.3) is 17.1 Å². The quantitative estimate of drug-likeness (QED) is 0.294. The predicted molar refractivity (Wildman–Crippen MR) is 136 cm³/mol. The van der Waals surface area contributed by atoms with E-state index >= 15 is 0 Å². The zero-order chi connectivity index (χ0) is 25.4. The van der Waals surface area contributed by atoms with Crippen molar-refractivity contribution in [2.45, 2.75) is 24.3 Å². The zero-order valence-corrected chi connectivity index (χ0v) is 21.3. The average molecular weight is 499 g/mol. The summed E-state index contributed by atoms with van der Waals surface area (Å²) >= 11 is 1.31. The fourth-order valence-electron chi connectivity index (χ4n) is 3.36. The molecule has 1 N–H and O–H groups in total. The van der Waals surface area contributed by atoms with E-state index in [0.717, 1.165) is 11.4 Å². The molecule has 0 spiro atoms. The van der Waals surface area contributed by atoms with E-state index in [2.05, 4.69) is 22.1 Å². The zero-order valence-electron chi connectivity index (χ0n) is 20.5. The van der Waals surface area contributed by atoms with Gasteiger partial charge in [0.2, 0.25) is 11.7 Å². The van der Waals surface area contributed by atoms with Gasteiger partial charge in [0.05, 0.1) is 33.2 Å². The molecule has 1 heterocycles. The Morgan fingerprint density at radius 1 is 1.11 bits per heavy atom. The Labute approximate surface area is 209 Å². The summed E-state index contributed by atoms with van der Waals surface area (Å²) in [5, 5.41) is 11.8. The Balaban J connectivity index is 2.12. The molecule has 9 nitrogen and oxygen atoms in total. The highest BCUT2D eigenvalue weighted by atomic mass is 32.2. The predicted octanol–water partition coefficient (Wildman–Crippen LogP) is 4.14. The van der Waals surface area contributed by atoms with Crippen molar-refractivity contribution >= 4 is 17.7 Å². The molecule has 0 saturated carbocycles. The maximum absolute atomic E-state index is 12.5. The van der Waals surface area contributed by atoms with Gasteiger partial charge in [-0.2, -0.15) is 0 Å². The third kappa shape index (κ3) is 5.89. The van der Waals surface area contributed by atoms with Crippen molar-refractivity contribution in [3.05, 3.63) is 49.1 Å². The lowest BCUT2D eigenvalue weighted by Gasteiger charge is -2.16. The minimum absolute atomic E-state index is 0.120. The van der Waals surface area contributed by atoms with E-state index in [4.69, 9.17) is 18.9 Å². The highest BCUT2D eigenvalue weighted by Gasteiger charge is 2.24. The Hall–Kier alpha value is -3.66. The highest BCUT2D eigenvalue weighted by Crippen LogP contribution is 2.42. The summed E-state index contributed by atoms with van der Waals surface area (Å²) in [7, 11) is 4.67. The largest absolute Gasteiger partial charge is 0.494 e. The molecule has 0 aliphatic heterocycles. The van der Waals surface area contributed by atoms with Crippen LogP contribution in [-0.2, 0) is 4.79 Å². The number of rotatable bonds is 12. The molecule has 3 aromatic rings. The normalized spacial score (nSPS) is 11.5. The third-order valence-corrected chi connectivity index (χ3v) is 6.08. The lowest BCUT2D eigenvalue weighted by atomic mass is 10.1. The van der Waals surface area contributed by atoms with E-state index in [1.165, 1.54) is 11.8 Å². The standard InChI is InChI=1S/C25H30N4O5S/c1-7-13-26-24(30)16(3)35-25-28-27-23(29(25)18-9-11-19(12-10-18)34-8-2)17-14-20(31-4)22(33-6)21(15-17)32-5/h7,9-12,14-16H,1,8,13H2,2-6H3,(H,26,30). The van der Waals surface area contributed by atoms with Gasteiger partial charge in [-0.25, -0.2) is 0 Å². The van der Waals surface area contributed by atoms with Crippen LogP contribution >= 0.6 is 11.8 Å². The second kappa shape index (κ2) is 12.2. The summed E-state index contributed by atoms with van der Waals surface area (Å²) in [4.78, 5) is 12.5. The summed E-state index contributed by atoms with van der Waals surface area (Å²) in [6.45, 7) is 8.36. The number of hydrogen-bond donors (Lipinski definition) is 1. The molecule has 0 radical (unpaired) electrons. The van der Waals surface area contributed by atoms with Gasteiger partial charge in [-0.15, -0.1) is 16.8 Å². The number of benzene rings is 2. The molecule has 10 heteroatoms. The summed E-state index contributed by atoms with van der Waals surface area (Å²) in [5.41, 5.74) is 1.51. The van der Waals surface area contributed by atoms with Gasteiger partial charge in [-0.3, -0.25) is 9.36 Å². The van der Waals surface area contributed by atoms with E-state index in [1.807, 2.05) is 54.8 Å². The lowest BCUT2D eigenvalue weighted by molar-refractivity contribution is -0.120. The molecule has 35 heavy (non-hydrogen) atoms. The molecule has 0 aliphatic rings. The number of amides is 1. The second-order valence-electron chi connectivity index (χ2n) is 7.28. The monoisotopic (exact) mass is 498 g/mol. The van der Waals surface area contributed by atoms with Crippen molar-refractivity contribution in [2.75, 3.05) is 34.5 Å². The average Bonchev–Trinajstić information content (AvgIpc) is 3.30. The minimum Gasteiger partial charge on any atom is -0.494 e. The van der Waals surface area contributed by atoms with Gasteiger partial charge in [0.25, 0.3) is 0 Å². The first kappa shape index (κ1) is 26.0. The van der Waals surface area contributed by atoms with Crippen molar-refractivity contribution < 1.29 is 23.7 Å². The molecular weight excluding hydrogens is 468 g/mol. The van der Waals surface area contributed by atoms with Crippen molar-refractivity contribution in [3.8, 4) is 40.1 Å². The van der Waals surface area contributed by atoms with Gasteiger partial charge in [0.1, 0.15) is 5.75 Å². The van der Waals surface area contributed by atoms with Crippen LogP contribution in [0.2, 0.25) is 0 Å². The molecule has 0 saturated heterocycles. The summed E-state index contributed by atoms with van der Waals surface area (Å²) in [6, 6.07) is 11.2. The van der Waals surface area contributed by atoms with Crippen LogP contribution in [0, 0.1) is 0 Å². The molecule has 1 atom stereocenters. The minimum atomic E-state index is -0.409. The lowest BCUT2D eigenvalue weighted by Crippen LogP contribution is -2.31. The first-order chi connectivity index (χ1) is 17.0. The van der Waals surface area contributed by atoms with Gasteiger partial charge in [0.15, 0.2) is 22.5 Å². The number of aromatic nitrogens is 3. The van der Waals surface area contributed by atoms with E-state index in [9.17, 15) is 4.79 Å². The van der Waals surface area contributed by atoms with E-state index in [1.54, 1.807) is 27.4 Å². The van der Waals surface area contributed by atoms with Crippen molar-refractivity contribution in [1.29, 1.82) is 0 Å². The molecule has 1 aromatic heterocycles. The van der Waals surface area contributed by atoms with Crippen LogP contribution in [0.1, 0.15) is 13.8 Å². The molecule has 2 aromatic carbocycles. The molecule has 1 amide bonds. The second-order valence-corrected chi connectivity index (χ2v) is 8.58. The maximum Gasteiger partial charge on any atom is 0.233 e. The third-order valence-electron chi connectivity index (χ3n) is 5.03. The number of thioether (sulfide) groups is 1. The molecule has 3 rings (SSSR count). The number of hydrogen-bond acceptors (Lipinski definition) is 8. The molecule has 1 unspecified atom stereocenters.